The lowest BCUT2D eigenvalue weighted by molar-refractivity contribution is 0.228. The molecule has 1 aromatic heterocycles. The molecule has 3 rings (SSSR count). The normalized spacial score (nSPS) is 16.2. The molecule has 26 heavy (non-hydrogen) atoms. The average molecular weight is 348 g/mol. The van der Waals surface area contributed by atoms with Crippen LogP contribution in [0, 0.1) is 0 Å². The molecule has 4 nitrogen and oxygen atoms in total. The van der Waals surface area contributed by atoms with E-state index in [0.29, 0.717) is 5.92 Å². The molecule has 0 unspecified atom stereocenters. The van der Waals surface area contributed by atoms with Crippen LogP contribution < -0.4 is 5.32 Å². The van der Waals surface area contributed by atoms with Crippen LogP contribution in [0.5, 0.6) is 0 Å². The summed E-state index contributed by atoms with van der Waals surface area (Å²) in [4.78, 5) is 12.0. The van der Waals surface area contributed by atoms with Crippen molar-refractivity contribution in [1.29, 1.82) is 0 Å². The second-order valence-corrected chi connectivity index (χ2v) is 6.78. The molecule has 4 heteroatoms. The van der Waals surface area contributed by atoms with E-state index in [9.17, 15) is 0 Å². The predicted octanol–water partition coefficient (Wildman–Crippen LogP) is 4.54. The highest BCUT2D eigenvalue weighted by Crippen LogP contribution is 2.32. The number of fused-ring (bicyclic) bond motifs is 1. The molecule has 1 saturated heterocycles. The lowest BCUT2D eigenvalue weighted by atomic mass is 9.91. The topological polar surface area (TPSA) is 41.1 Å². The van der Waals surface area contributed by atoms with Crippen molar-refractivity contribution in [2.24, 2.45) is 0 Å². The van der Waals surface area contributed by atoms with Gasteiger partial charge >= 0.3 is 0 Å². The van der Waals surface area contributed by atoms with Crippen molar-refractivity contribution < 1.29 is 0 Å². The van der Waals surface area contributed by atoms with Gasteiger partial charge in [-0.25, -0.2) is 9.97 Å². The van der Waals surface area contributed by atoms with E-state index in [-0.39, 0.29) is 0 Å². The van der Waals surface area contributed by atoms with Gasteiger partial charge in [0.05, 0.1) is 11.2 Å². The number of benzene rings is 1. The Kier molecular flexibility index (Phi) is 6.18. The van der Waals surface area contributed by atoms with Crippen LogP contribution in [0.15, 0.2) is 61.2 Å². The van der Waals surface area contributed by atoms with Crippen molar-refractivity contribution in [1.82, 2.24) is 14.9 Å². The molecule has 2 heterocycles. The molecule has 0 amide bonds. The number of piperidine rings is 1. The van der Waals surface area contributed by atoms with Gasteiger partial charge in [-0.2, -0.15) is 0 Å². The van der Waals surface area contributed by atoms with E-state index in [2.05, 4.69) is 53.5 Å². The zero-order valence-electron chi connectivity index (χ0n) is 15.6. The summed E-state index contributed by atoms with van der Waals surface area (Å²) in [5.41, 5.74) is 3.35. The number of nitrogens with one attached hydrogen (secondary N) is 1. The van der Waals surface area contributed by atoms with Crippen LogP contribution in [-0.4, -0.2) is 41.0 Å². The Hall–Kier alpha value is -2.46. The fourth-order valence-corrected chi connectivity index (χ4v) is 3.56. The van der Waals surface area contributed by atoms with E-state index < -0.39 is 0 Å². The van der Waals surface area contributed by atoms with Crippen LogP contribution in [0.1, 0.15) is 31.4 Å². The van der Waals surface area contributed by atoms with Gasteiger partial charge in [0.15, 0.2) is 0 Å². The summed E-state index contributed by atoms with van der Waals surface area (Å²) in [6, 6.07) is 8.34. The number of hydrogen-bond donors (Lipinski definition) is 1. The van der Waals surface area contributed by atoms with Gasteiger partial charge in [-0.3, -0.25) is 4.90 Å². The maximum Gasteiger partial charge on any atom is 0.223 e. The Morgan fingerprint density at radius 2 is 2.04 bits per heavy atom. The van der Waals surface area contributed by atoms with E-state index in [1.165, 1.54) is 11.1 Å². The maximum absolute atomic E-state index is 4.86. The number of anilines is 1. The van der Waals surface area contributed by atoms with Crippen molar-refractivity contribution in [3.05, 3.63) is 66.9 Å². The van der Waals surface area contributed by atoms with E-state index in [4.69, 9.17) is 4.98 Å². The molecule has 1 aliphatic heterocycles. The summed E-state index contributed by atoms with van der Waals surface area (Å²) in [7, 11) is 0. The number of likely N-dealkylation sites (tertiary alicyclic amines) is 1. The first-order valence-corrected chi connectivity index (χ1v) is 9.41. The first kappa shape index (κ1) is 18.3. The Morgan fingerprint density at radius 3 is 2.77 bits per heavy atom. The fourth-order valence-electron chi connectivity index (χ4n) is 3.56. The van der Waals surface area contributed by atoms with Gasteiger partial charge in [0.2, 0.25) is 5.95 Å². The highest BCUT2D eigenvalue weighted by atomic mass is 15.1. The third-order valence-electron chi connectivity index (χ3n) is 4.84. The van der Waals surface area contributed by atoms with Crippen molar-refractivity contribution in [2.75, 3.05) is 31.5 Å². The van der Waals surface area contributed by atoms with Gasteiger partial charge in [-0.05, 0) is 44.5 Å². The van der Waals surface area contributed by atoms with Gasteiger partial charge in [-0.15, -0.1) is 0 Å². The first-order chi connectivity index (χ1) is 12.7. The van der Waals surface area contributed by atoms with Gasteiger partial charge in [0, 0.05) is 24.4 Å². The summed E-state index contributed by atoms with van der Waals surface area (Å²) >= 11 is 0. The molecule has 0 atom stereocenters. The zero-order valence-corrected chi connectivity index (χ0v) is 15.6. The molecule has 1 N–H and O–H groups in total. The van der Waals surface area contributed by atoms with Crippen LogP contribution in [0.2, 0.25) is 0 Å². The van der Waals surface area contributed by atoms with Crippen LogP contribution in [-0.2, 0) is 0 Å². The molecule has 0 aliphatic carbocycles. The summed E-state index contributed by atoms with van der Waals surface area (Å²) in [5.74, 6) is 1.22. The molecule has 0 spiro atoms. The summed E-state index contributed by atoms with van der Waals surface area (Å²) < 4.78 is 0. The van der Waals surface area contributed by atoms with Crippen molar-refractivity contribution in [3.8, 4) is 0 Å². The Morgan fingerprint density at radius 1 is 1.27 bits per heavy atom. The number of hydrogen-bond acceptors (Lipinski definition) is 4. The number of aromatic nitrogens is 2. The van der Waals surface area contributed by atoms with Gasteiger partial charge in [0.25, 0.3) is 0 Å². The number of rotatable bonds is 7. The van der Waals surface area contributed by atoms with Gasteiger partial charge < -0.3 is 5.32 Å². The van der Waals surface area contributed by atoms with Crippen LogP contribution >= 0.6 is 0 Å². The minimum Gasteiger partial charge on any atom is -0.354 e. The smallest absolute Gasteiger partial charge is 0.223 e. The van der Waals surface area contributed by atoms with E-state index >= 15 is 0 Å². The third-order valence-corrected chi connectivity index (χ3v) is 4.84. The second-order valence-electron chi connectivity index (χ2n) is 6.78. The molecule has 0 radical (unpaired) electrons. The van der Waals surface area contributed by atoms with E-state index in [1.807, 2.05) is 18.2 Å². The molecular formula is C22H28N4. The molecule has 1 aromatic carbocycles. The fraction of sp³-hybridized carbons (Fsp3) is 0.364. The highest BCUT2D eigenvalue weighted by molar-refractivity contribution is 5.82. The van der Waals surface area contributed by atoms with Crippen LogP contribution in [0.4, 0.5) is 5.95 Å². The van der Waals surface area contributed by atoms with Crippen molar-refractivity contribution >= 4 is 16.9 Å². The average Bonchev–Trinajstić information content (AvgIpc) is 2.67. The lowest BCUT2D eigenvalue weighted by Gasteiger charge is -2.32. The molecule has 0 saturated carbocycles. The predicted molar refractivity (Wildman–Crippen MR) is 111 cm³/mol. The number of nitrogens with zero attached hydrogens (tertiary/aromatic N) is 3. The summed E-state index contributed by atoms with van der Waals surface area (Å²) in [6.07, 6.45) is 8.01. The largest absolute Gasteiger partial charge is 0.354 e. The van der Waals surface area contributed by atoms with E-state index in [1.54, 1.807) is 6.08 Å². The molecule has 136 valence electrons. The first-order valence-electron chi connectivity index (χ1n) is 9.41. The molecule has 1 fully saturated rings. The Bertz CT molecular complexity index is 801. The Labute approximate surface area is 156 Å². The Balaban J connectivity index is 1.73. The molecular weight excluding hydrogens is 320 g/mol. The van der Waals surface area contributed by atoms with Gasteiger partial charge in [-0.1, -0.05) is 49.6 Å². The third kappa shape index (κ3) is 4.38. The monoisotopic (exact) mass is 348 g/mol. The van der Waals surface area contributed by atoms with E-state index in [0.717, 1.165) is 56.1 Å². The minimum atomic E-state index is 0.480. The van der Waals surface area contributed by atoms with Crippen LogP contribution in [0.3, 0.4) is 0 Å². The highest BCUT2D eigenvalue weighted by Gasteiger charge is 2.24. The quantitative estimate of drug-likeness (QED) is 0.746. The van der Waals surface area contributed by atoms with Crippen molar-refractivity contribution in [2.45, 2.75) is 25.7 Å². The van der Waals surface area contributed by atoms with Gasteiger partial charge in [0.1, 0.15) is 0 Å². The summed E-state index contributed by atoms with van der Waals surface area (Å²) in [6.45, 7) is 13.8. The SMILES string of the molecule is C=C/C=C\C(=C)CN1CCC(c2nc(NCC)nc3ccccc23)CC1. The molecule has 1 aliphatic rings. The standard InChI is InChI=1S/C22H28N4/c1-4-6-9-17(3)16-26-14-12-18(13-15-26)21-19-10-7-8-11-20(19)24-22(25-21)23-5-2/h4,6-11,18H,1,3,5,12-16H2,2H3,(H,23,24,25)/b9-6-. The number of para-hydroxylation sites is 1. The summed E-state index contributed by atoms with van der Waals surface area (Å²) in [5, 5.41) is 4.46. The van der Waals surface area contributed by atoms with Crippen molar-refractivity contribution in [3.63, 3.8) is 0 Å². The molecule has 0 bridgehead atoms. The lowest BCUT2D eigenvalue weighted by Crippen LogP contribution is -2.34. The number of allylic oxidation sites excluding steroid dienone is 2. The zero-order chi connectivity index (χ0) is 18.4. The molecule has 2 aromatic rings. The maximum atomic E-state index is 4.86. The second kappa shape index (κ2) is 8.77. The van der Waals surface area contributed by atoms with Crippen LogP contribution in [0.25, 0.3) is 10.9 Å². The minimum absolute atomic E-state index is 0.480.